The highest BCUT2D eigenvalue weighted by atomic mass is 35.5. The number of hydrogen-bond acceptors (Lipinski definition) is 7. The zero-order valence-electron chi connectivity index (χ0n) is 20.8. The second kappa shape index (κ2) is 9.68. The molecule has 12 heteroatoms. The number of aromatic nitrogens is 4. The maximum atomic E-state index is 14.0. The van der Waals surface area contributed by atoms with E-state index in [9.17, 15) is 19.1 Å². The Morgan fingerprint density at radius 1 is 1.11 bits per heavy atom. The van der Waals surface area contributed by atoms with Crippen LogP contribution in [0, 0.1) is 11.7 Å². The molecule has 0 saturated carbocycles. The minimum atomic E-state index is -0.888. The van der Waals surface area contributed by atoms with Crippen molar-refractivity contribution in [1.82, 2.24) is 19.1 Å². The number of benzene rings is 1. The van der Waals surface area contributed by atoms with Crippen molar-refractivity contribution in [3.63, 3.8) is 0 Å². The van der Waals surface area contributed by atoms with Gasteiger partial charge < -0.3 is 14.7 Å². The highest BCUT2D eigenvalue weighted by molar-refractivity contribution is 6.31. The smallest absolute Gasteiger partial charge is 0.340 e. The van der Waals surface area contributed by atoms with E-state index < -0.39 is 22.7 Å². The first-order valence-corrected chi connectivity index (χ1v) is 12.6. The minimum Gasteiger partial charge on any atom is -0.480 e. The third-order valence-corrected chi connectivity index (χ3v) is 7.30. The summed E-state index contributed by atoms with van der Waals surface area (Å²) in [5, 5.41) is 10.6. The molecule has 1 N–H and O–H groups in total. The molecule has 1 saturated heterocycles. The van der Waals surface area contributed by atoms with Crippen molar-refractivity contribution in [2.45, 2.75) is 25.9 Å². The van der Waals surface area contributed by atoms with Crippen LogP contribution in [0.5, 0.6) is 5.88 Å². The van der Waals surface area contributed by atoms with Gasteiger partial charge in [0.25, 0.3) is 5.56 Å². The topological polar surface area (TPSA) is 102 Å². The third kappa shape index (κ3) is 4.53. The Morgan fingerprint density at radius 2 is 1.87 bits per heavy atom. The summed E-state index contributed by atoms with van der Waals surface area (Å²) in [5.41, 5.74) is -1.77. The van der Waals surface area contributed by atoms with E-state index in [2.05, 4.69) is 9.97 Å². The lowest BCUT2D eigenvalue weighted by molar-refractivity contribution is 0.0263. The monoisotopic (exact) mass is 559 g/mol. The fourth-order valence-electron chi connectivity index (χ4n) is 4.75. The van der Waals surface area contributed by atoms with E-state index in [1.807, 2.05) is 4.90 Å². The Balaban J connectivity index is 1.85. The van der Waals surface area contributed by atoms with Gasteiger partial charge in [-0.25, -0.2) is 13.8 Å². The summed E-state index contributed by atoms with van der Waals surface area (Å²) < 4.78 is 21.7. The Morgan fingerprint density at radius 3 is 2.50 bits per heavy atom. The summed E-state index contributed by atoms with van der Waals surface area (Å²) in [4.78, 5) is 38.3. The normalized spacial score (nSPS) is 15.9. The molecule has 1 aromatic carbocycles. The molecule has 1 aliphatic rings. The van der Waals surface area contributed by atoms with Crippen LogP contribution < -0.4 is 20.9 Å². The molecule has 9 nitrogen and oxygen atoms in total. The molecule has 4 heterocycles. The molecule has 5 rings (SSSR count). The SMILES string of the molecule is COc1nc(N2CC[C@@H](C(C)(C)O)C2)cc2c1c(=O)n(-c1cncc(Cl)c1)c(=O)n2-c1ccc(F)c(Cl)c1. The van der Waals surface area contributed by atoms with Gasteiger partial charge in [-0.2, -0.15) is 4.98 Å². The van der Waals surface area contributed by atoms with Gasteiger partial charge >= 0.3 is 5.69 Å². The first-order chi connectivity index (χ1) is 18.0. The number of rotatable bonds is 5. The average Bonchev–Trinajstić information content (AvgIpc) is 3.37. The Bertz CT molecular complexity index is 1680. The first kappa shape index (κ1) is 26.1. The van der Waals surface area contributed by atoms with E-state index in [0.717, 1.165) is 17.1 Å². The van der Waals surface area contributed by atoms with Crippen LogP contribution in [0.4, 0.5) is 10.2 Å². The van der Waals surface area contributed by atoms with Crippen molar-refractivity contribution in [2.24, 2.45) is 5.92 Å². The molecule has 0 bridgehead atoms. The Kier molecular flexibility index (Phi) is 6.66. The van der Waals surface area contributed by atoms with Gasteiger partial charge in [0.1, 0.15) is 17.0 Å². The first-order valence-electron chi connectivity index (χ1n) is 11.8. The highest BCUT2D eigenvalue weighted by Gasteiger charge is 2.34. The average molecular weight is 560 g/mol. The molecule has 38 heavy (non-hydrogen) atoms. The lowest BCUT2D eigenvalue weighted by Gasteiger charge is -2.26. The largest absolute Gasteiger partial charge is 0.480 e. The van der Waals surface area contributed by atoms with Crippen molar-refractivity contribution < 1.29 is 14.2 Å². The van der Waals surface area contributed by atoms with Crippen LogP contribution in [0.2, 0.25) is 10.0 Å². The summed E-state index contributed by atoms with van der Waals surface area (Å²) in [6, 6.07) is 6.88. The van der Waals surface area contributed by atoms with Crippen LogP contribution in [0.25, 0.3) is 22.3 Å². The van der Waals surface area contributed by atoms with Crippen molar-refractivity contribution >= 4 is 39.9 Å². The predicted molar refractivity (Wildman–Crippen MR) is 144 cm³/mol. The summed E-state index contributed by atoms with van der Waals surface area (Å²) >= 11 is 12.2. The van der Waals surface area contributed by atoms with E-state index >= 15 is 0 Å². The predicted octanol–water partition coefficient (Wildman–Crippen LogP) is 3.98. The number of pyridine rings is 2. The Hall–Kier alpha value is -3.47. The molecule has 3 aromatic heterocycles. The molecule has 0 radical (unpaired) electrons. The zero-order chi connectivity index (χ0) is 27.4. The minimum absolute atomic E-state index is 0.0000884. The number of aliphatic hydroxyl groups is 1. The number of anilines is 1. The van der Waals surface area contributed by atoms with E-state index in [-0.39, 0.29) is 44.1 Å². The van der Waals surface area contributed by atoms with E-state index in [0.29, 0.717) is 18.9 Å². The number of halogens is 3. The second-order valence-electron chi connectivity index (χ2n) is 9.69. The fraction of sp³-hybridized carbons (Fsp3) is 0.308. The van der Waals surface area contributed by atoms with Crippen LogP contribution in [0.15, 0.2) is 52.3 Å². The maximum absolute atomic E-state index is 14.0. The molecule has 0 amide bonds. The van der Waals surface area contributed by atoms with Crippen LogP contribution in [0.1, 0.15) is 20.3 Å². The van der Waals surface area contributed by atoms with Gasteiger partial charge in [-0.1, -0.05) is 23.2 Å². The number of methoxy groups -OCH3 is 1. The molecule has 1 aliphatic heterocycles. The zero-order valence-corrected chi connectivity index (χ0v) is 22.3. The van der Waals surface area contributed by atoms with Gasteiger partial charge in [-0.15, -0.1) is 0 Å². The quantitative estimate of drug-likeness (QED) is 0.394. The van der Waals surface area contributed by atoms with Crippen molar-refractivity contribution in [2.75, 3.05) is 25.1 Å². The molecule has 0 unspecified atom stereocenters. The maximum Gasteiger partial charge on any atom is 0.340 e. The number of ether oxygens (including phenoxy) is 1. The molecular formula is C26H24Cl2FN5O4. The molecule has 1 atom stereocenters. The Labute approximate surface area is 226 Å². The van der Waals surface area contributed by atoms with Gasteiger partial charge in [-0.05, 0) is 44.5 Å². The van der Waals surface area contributed by atoms with Gasteiger partial charge in [0.2, 0.25) is 5.88 Å². The van der Waals surface area contributed by atoms with Crippen LogP contribution >= 0.6 is 23.2 Å². The molecule has 198 valence electrons. The summed E-state index contributed by atoms with van der Waals surface area (Å²) in [5.74, 6) is -0.203. The van der Waals surface area contributed by atoms with Crippen molar-refractivity contribution in [3.05, 3.63) is 79.4 Å². The molecule has 1 fully saturated rings. The van der Waals surface area contributed by atoms with Crippen LogP contribution in [-0.2, 0) is 0 Å². The summed E-state index contributed by atoms with van der Waals surface area (Å²) in [7, 11) is 1.38. The number of nitrogens with zero attached hydrogens (tertiary/aromatic N) is 5. The van der Waals surface area contributed by atoms with Crippen molar-refractivity contribution in [3.8, 4) is 17.3 Å². The van der Waals surface area contributed by atoms with Crippen LogP contribution in [0.3, 0.4) is 0 Å². The highest BCUT2D eigenvalue weighted by Crippen LogP contribution is 2.33. The van der Waals surface area contributed by atoms with E-state index in [1.165, 1.54) is 42.3 Å². The second-order valence-corrected chi connectivity index (χ2v) is 10.5. The van der Waals surface area contributed by atoms with Gasteiger partial charge in [0, 0.05) is 31.3 Å². The van der Waals surface area contributed by atoms with Gasteiger partial charge in [-0.3, -0.25) is 14.3 Å². The molecular weight excluding hydrogens is 536 g/mol. The lowest BCUT2D eigenvalue weighted by Crippen LogP contribution is -2.39. The third-order valence-electron chi connectivity index (χ3n) is 6.81. The van der Waals surface area contributed by atoms with Gasteiger partial charge in [0.05, 0.1) is 45.8 Å². The van der Waals surface area contributed by atoms with E-state index in [4.69, 9.17) is 27.9 Å². The summed E-state index contributed by atoms with van der Waals surface area (Å²) in [6.45, 7) is 4.65. The van der Waals surface area contributed by atoms with Gasteiger partial charge in [0.15, 0.2) is 0 Å². The number of hydrogen-bond donors (Lipinski definition) is 1. The number of fused-ring (bicyclic) bond motifs is 1. The lowest BCUT2D eigenvalue weighted by atomic mass is 9.90. The molecule has 4 aromatic rings. The van der Waals surface area contributed by atoms with Crippen LogP contribution in [-0.4, -0.2) is 50.0 Å². The molecule has 0 spiro atoms. The standard InChI is InChI=1S/C26H24Cl2FN5O4/c1-26(2,37)14-6-7-32(13-14)21-10-20-22(23(31-21)38-3)24(35)34(17-8-15(27)11-30-12-17)25(36)33(20)16-4-5-19(29)18(28)9-16/h4-5,8-12,14,37H,6-7,13H2,1-3H3/t14-/m1/s1. The molecule has 0 aliphatic carbocycles. The van der Waals surface area contributed by atoms with E-state index in [1.54, 1.807) is 19.9 Å². The fourth-order valence-corrected chi connectivity index (χ4v) is 5.10. The summed E-state index contributed by atoms with van der Waals surface area (Å²) in [6.07, 6.45) is 3.44. The van der Waals surface area contributed by atoms with Crippen molar-refractivity contribution in [1.29, 1.82) is 0 Å².